The Morgan fingerprint density at radius 3 is 2.74 bits per heavy atom. The molecule has 9 heteroatoms. The first-order chi connectivity index (χ1) is 14.8. The van der Waals surface area contributed by atoms with E-state index >= 15 is 0 Å². The van der Waals surface area contributed by atoms with Crippen LogP contribution >= 0.6 is 11.6 Å². The zero-order valence-electron chi connectivity index (χ0n) is 18.5. The van der Waals surface area contributed by atoms with Crippen LogP contribution < -0.4 is 5.73 Å². The fourth-order valence-electron chi connectivity index (χ4n) is 4.27. The van der Waals surface area contributed by atoms with Gasteiger partial charge in [0.15, 0.2) is 5.78 Å². The first kappa shape index (κ1) is 23.2. The minimum Gasteiger partial charge on any atom is -0.383 e. The zero-order chi connectivity index (χ0) is 22.5. The monoisotopic (exact) mass is 446 g/mol. The SMILES string of the molecule is Cc1nc(N)c(CCC2CCCN(C(=O)[C@H](C)CC(=O)c3ccnn3C)CC2)c(Cl)n1. The second kappa shape index (κ2) is 10.2. The number of Topliss-reactive ketones (excluding diaryl/α,β-unsaturated/α-hetero) is 1. The summed E-state index contributed by atoms with van der Waals surface area (Å²) < 4.78 is 1.55. The number of nitrogen functional groups attached to an aromatic ring is 1. The van der Waals surface area contributed by atoms with Crippen molar-refractivity contribution in [2.75, 3.05) is 18.8 Å². The summed E-state index contributed by atoms with van der Waals surface area (Å²) in [4.78, 5) is 35.8. The number of nitrogens with two attached hydrogens (primary N) is 1. The lowest BCUT2D eigenvalue weighted by atomic mass is 9.93. The first-order valence-corrected chi connectivity index (χ1v) is 11.2. The van der Waals surface area contributed by atoms with Crippen molar-refractivity contribution in [2.24, 2.45) is 18.9 Å². The summed E-state index contributed by atoms with van der Waals surface area (Å²) in [6.45, 7) is 5.05. The second-order valence-corrected chi connectivity index (χ2v) is 8.81. The molecule has 2 aromatic rings. The molecule has 1 amide bonds. The van der Waals surface area contributed by atoms with Crippen molar-refractivity contribution in [1.29, 1.82) is 0 Å². The lowest BCUT2D eigenvalue weighted by molar-refractivity contribution is -0.134. The molecule has 1 saturated heterocycles. The van der Waals surface area contributed by atoms with E-state index in [2.05, 4.69) is 15.1 Å². The molecule has 2 aromatic heterocycles. The van der Waals surface area contributed by atoms with Crippen LogP contribution in [0.25, 0.3) is 0 Å². The van der Waals surface area contributed by atoms with E-state index in [1.54, 1.807) is 30.9 Å². The summed E-state index contributed by atoms with van der Waals surface area (Å²) >= 11 is 6.26. The molecule has 0 radical (unpaired) electrons. The lowest BCUT2D eigenvalue weighted by Gasteiger charge is -2.24. The molecular formula is C22H31ClN6O2. The molecule has 1 aliphatic heterocycles. The number of aryl methyl sites for hydroxylation is 2. The number of rotatable bonds is 7. The Morgan fingerprint density at radius 2 is 2.06 bits per heavy atom. The van der Waals surface area contributed by atoms with Crippen LogP contribution in [-0.2, 0) is 18.3 Å². The van der Waals surface area contributed by atoms with E-state index in [0.29, 0.717) is 35.0 Å². The van der Waals surface area contributed by atoms with Gasteiger partial charge in [0.05, 0.1) is 0 Å². The van der Waals surface area contributed by atoms with E-state index in [1.165, 1.54) is 0 Å². The van der Waals surface area contributed by atoms with Gasteiger partial charge in [0.2, 0.25) is 5.91 Å². The van der Waals surface area contributed by atoms with Crippen molar-refractivity contribution in [3.63, 3.8) is 0 Å². The Labute approximate surface area is 188 Å². The van der Waals surface area contributed by atoms with Gasteiger partial charge in [0.25, 0.3) is 0 Å². The van der Waals surface area contributed by atoms with E-state index < -0.39 is 0 Å². The Balaban J connectivity index is 1.51. The second-order valence-electron chi connectivity index (χ2n) is 8.45. The summed E-state index contributed by atoms with van der Waals surface area (Å²) in [5.74, 6) is 1.17. The van der Waals surface area contributed by atoms with Crippen molar-refractivity contribution in [1.82, 2.24) is 24.6 Å². The Kier molecular flexibility index (Phi) is 7.64. The summed E-state index contributed by atoms with van der Waals surface area (Å²) in [5.41, 5.74) is 7.37. The van der Waals surface area contributed by atoms with Crippen LogP contribution in [0.15, 0.2) is 12.3 Å². The molecule has 1 fully saturated rings. The number of halogens is 1. The third kappa shape index (κ3) is 5.81. The zero-order valence-corrected chi connectivity index (χ0v) is 19.2. The number of ketones is 1. The van der Waals surface area contributed by atoms with Gasteiger partial charge in [-0.05, 0) is 51.0 Å². The number of aromatic nitrogens is 4. The van der Waals surface area contributed by atoms with Gasteiger partial charge < -0.3 is 10.6 Å². The molecule has 0 bridgehead atoms. The maximum atomic E-state index is 12.9. The predicted octanol–water partition coefficient (Wildman–Crippen LogP) is 3.22. The van der Waals surface area contributed by atoms with E-state index in [1.807, 2.05) is 11.8 Å². The largest absolute Gasteiger partial charge is 0.383 e. The molecule has 168 valence electrons. The molecule has 2 atom stereocenters. The number of carbonyl (C=O) groups excluding carboxylic acids is 2. The number of amides is 1. The van der Waals surface area contributed by atoms with Gasteiger partial charge in [-0.25, -0.2) is 9.97 Å². The Bertz CT molecular complexity index is 921. The highest BCUT2D eigenvalue weighted by molar-refractivity contribution is 6.30. The van der Waals surface area contributed by atoms with E-state index in [9.17, 15) is 9.59 Å². The van der Waals surface area contributed by atoms with Gasteiger partial charge in [-0.15, -0.1) is 0 Å². The van der Waals surface area contributed by atoms with Crippen molar-refractivity contribution in [3.8, 4) is 0 Å². The van der Waals surface area contributed by atoms with Crippen LogP contribution in [0.2, 0.25) is 5.15 Å². The van der Waals surface area contributed by atoms with Crippen LogP contribution in [0.3, 0.4) is 0 Å². The fraction of sp³-hybridized carbons (Fsp3) is 0.591. The quantitative estimate of drug-likeness (QED) is 0.516. The number of likely N-dealkylation sites (tertiary alicyclic amines) is 1. The average Bonchev–Trinajstić information content (AvgIpc) is 3.00. The van der Waals surface area contributed by atoms with E-state index in [0.717, 1.165) is 44.2 Å². The maximum absolute atomic E-state index is 12.9. The Morgan fingerprint density at radius 1 is 1.29 bits per heavy atom. The van der Waals surface area contributed by atoms with Crippen LogP contribution in [0, 0.1) is 18.8 Å². The molecule has 1 unspecified atom stereocenters. The molecular weight excluding hydrogens is 416 g/mol. The normalized spacial score (nSPS) is 17.9. The van der Waals surface area contributed by atoms with Crippen LogP contribution in [0.1, 0.15) is 60.9 Å². The van der Waals surface area contributed by atoms with Gasteiger partial charge in [-0.3, -0.25) is 14.3 Å². The number of carbonyl (C=O) groups is 2. The molecule has 3 rings (SSSR count). The minimum absolute atomic E-state index is 0.0513. The summed E-state index contributed by atoms with van der Waals surface area (Å²) in [5, 5.41) is 4.46. The van der Waals surface area contributed by atoms with Crippen molar-refractivity contribution in [2.45, 2.75) is 52.4 Å². The van der Waals surface area contributed by atoms with Gasteiger partial charge in [-0.2, -0.15) is 5.10 Å². The van der Waals surface area contributed by atoms with Crippen molar-refractivity contribution in [3.05, 3.63) is 34.5 Å². The molecule has 0 aliphatic carbocycles. The summed E-state index contributed by atoms with van der Waals surface area (Å²) in [6.07, 6.45) is 6.40. The molecule has 0 saturated carbocycles. The van der Waals surface area contributed by atoms with Crippen molar-refractivity contribution < 1.29 is 9.59 Å². The fourth-order valence-corrected chi connectivity index (χ4v) is 4.58. The first-order valence-electron chi connectivity index (χ1n) is 10.8. The molecule has 0 spiro atoms. The molecule has 0 aromatic carbocycles. The third-order valence-electron chi connectivity index (χ3n) is 6.08. The lowest BCUT2D eigenvalue weighted by Crippen LogP contribution is -2.36. The smallest absolute Gasteiger partial charge is 0.225 e. The topological polar surface area (TPSA) is 107 Å². The highest BCUT2D eigenvalue weighted by atomic mass is 35.5. The van der Waals surface area contributed by atoms with Crippen LogP contribution in [0.4, 0.5) is 5.82 Å². The number of hydrogen-bond acceptors (Lipinski definition) is 6. The standard InChI is InChI=1S/C22H31ClN6O2/c1-14(13-19(30)18-8-10-25-28(18)3)22(31)29-11-4-5-16(9-12-29)6-7-17-20(23)26-15(2)27-21(17)24/h8,10,14,16H,4-7,9,11-13H2,1-3H3,(H2,24,26,27)/t14-,16?/m1/s1. The van der Waals surface area contributed by atoms with Gasteiger partial charge in [0, 0.05) is 44.2 Å². The number of hydrogen-bond donors (Lipinski definition) is 1. The maximum Gasteiger partial charge on any atom is 0.225 e. The molecule has 8 nitrogen and oxygen atoms in total. The van der Waals surface area contributed by atoms with Gasteiger partial charge in [-0.1, -0.05) is 18.5 Å². The molecule has 1 aliphatic rings. The van der Waals surface area contributed by atoms with Crippen LogP contribution in [0.5, 0.6) is 0 Å². The van der Waals surface area contributed by atoms with E-state index in [4.69, 9.17) is 17.3 Å². The summed E-state index contributed by atoms with van der Waals surface area (Å²) in [7, 11) is 1.73. The van der Waals surface area contributed by atoms with E-state index in [-0.39, 0.29) is 24.0 Å². The predicted molar refractivity (Wildman–Crippen MR) is 120 cm³/mol. The average molecular weight is 447 g/mol. The van der Waals surface area contributed by atoms with Gasteiger partial charge >= 0.3 is 0 Å². The van der Waals surface area contributed by atoms with Gasteiger partial charge in [0.1, 0.15) is 22.5 Å². The third-order valence-corrected chi connectivity index (χ3v) is 6.39. The van der Waals surface area contributed by atoms with Crippen molar-refractivity contribution >= 4 is 29.1 Å². The number of anilines is 1. The number of nitrogens with zero attached hydrogens (tertiary/aromatic N) is 5. The highest BCUT2D eigenvalue weighted by Gasteiger charge is 2.27. The molecule has 31 heavy (non-hydrogen) atoms. The summed E-state index contributed by atoms with van der Waals surface area (Å²) in [6, 6.07) is 1.69. The highest BCUT2D eigenvalue weighted by Crippen LogP contribution is 2.27. The Hall–Kier alpha value is -2.48. The molecule has 2 N–H and O–H groups in total. The molecule has 3 heterocycles. The minimum atomic E-state index is -0.345. The van der Waals surface area contributed by atoms with Crippen LogP contribution in [-0.4, -0.2) is 49.4 Å².